The maximum atomic E-state index is 12.3. The summed E-state index contributed by atoms with van der Waals surface area (Å²) >= 11 is 0. The SMILES string of the molecule is CC(C)(C)COS(=O)(=O)[C@@H]1C[C@H]1[C@H](C#N)N[C@@H](CO)c1ccccc1. The molecule has 0 saturated heterocycles. The molecule has 2 N–H and O–H groups in total. The summed E-state index contributed by atoms with van der Waals surface area (Å²) < 4.78 is 29.7. The molecule has 0 aliphatic heterocycles. The maximum absolute atomic E-state index is 12.3. The predicted octanol–water partition coefficient (Wildman–Crippen LogP) is 1.98. The van der Waals surface area contributed by atoms with Crippen LogP contribution in [0.15, 0.2) is 30.3 Å². The van der Waals surface area contributed by atoms with Crippen molar-refractivity contribution >= 4 is 10.1 Å². The molecular formula is C18H26N2O4S. The average molecular weight is 366 g/mol. The number of nitriles is 1. The Balaban J connectivity index is 2.00. The summed E-state index contributed by atoms with van der Waals surface area (Å²) in [5.74, 6) is -0.326. The standard InChI is InChI=1S/C18H26N2O4S/c1-18(2,3)12-24-25(22,23)17-9-14(17)15(10-19)20-16(11-21)13-7-5-4-6-8-13/h4-8,14-17,20-21H,9,11-12H2,1-3H3/t14-,15-,16-,17+/m0/s1. The first-order valence-electron chi connectivity index (χ1n) is 8.37. The minimum atomic E-state index is -3.69. The van der Waals surface area contributed by atoms with E-state index in [4.69, 9.17) is 4.18 Å². The minimum Gasteiger partial charge on any atom is -0.394 e. The molecule has 1 fully saturated rings. The van der Waals surface area contributed by atoms with Crippen LogP contribution in [0.3, 0.4) is 0 Å². The molecule has 138 valence electrons. The van der Waals surface area contributed by atoms with E-state index in [9.17, 15) is 18.8 Å². The van der Waals surface area contributed by atoms with Gasteiger partial charge in [-0.25, -0.2) is 0 Å². The van der Waals surface area contributed by atoms with Crippen LogP contribution in [0, 0.1) is 22.7 Å². The summed E-state index contributed by atoms with van der Waals surface area (Å²) in [6.07, 6.45) is 0.393. The zero-order valence-electron chi connectivity index (χ0n) is 14.8. The summed E-state index contributed by atoms with van der Waals surface area (Å²) in [4.78, 5) is 0. The molecule has 0 unspecified atom stereocenters. The van der Waals surface area contributed by atoms with Crippen LogP contribution in [0.1, 0.15) is 38.8 Å². The lowest BCUT2D eigenvalue weighted by molar-refractivity contribution is 0.202. The van der Waals surface area contributed by atoms with Gasteiger partial charge in [-0.05, 0) is 17.4 Å². The third-order valence-corrected chi connectivity index (χ3v) is 5.87. The lowest BCUT2D eigenvalue weighted by Crippen LogP contribution is -2.37. The highest BCUT2D eigenvalue weighted by molar-refractivity contribution is 7.87. The largest absolute Gasteiger partial charge is 0.394 e. The number of nitrogens with zero attached hydrogens (tertiary/aromatic N) is 1. The van der Waals surface area contributed by atoms with Gasteiger partial charge < -0.3 is 5.11 Å². The first-order valence-corrected chi connectivity index (χ1v) is 9.85. The Hall–Kier alpha value is -1.46. The second-order valence-corrected chi connectivity index (χ2v) is 9.50. The van der Waals surface area contributed by atoms with Gasteiger partial charge in [-0.15, -0.1) is 0 Å². The molecule has 0 amide bonds. The van der Waals surface area contributed by atoms with Crippen molar-refractivity contribution in [2.24, 2.45) is 11.3 Å². The fourth-order valence-corrected chi connectivity index (χ4v) is 4.37. The topological polar surface area (TPSA) is 99.4 Å². The summed E-state index contributed by atoms with van der Waals surface area (Å²) in [6, 6.07) is 10.4. The molecule has 7 heteroatoms. The second-order valence-electron chi connectivity index (χ2n) is 7.67. The van der Waals surface area contributed by atoms with Crippen LogP contribution in [0.25, 0.3) is 0 Å². The molecule has 1 aliphatic rings. The van der Waals surface area contributed by atoms with Crippen molar-refractivity contribution in [3.05, 3.63) is 35.9 Å². The lowest BCUT2D eigenvalue weighted by Gasteiger charge is -2.21. The monoisotopic (exact) mass is 366 g/mol. The zero-order chi connectivity index (χ0) is 18.7. The summed E-state index contributed by atoms with van der Waals surface area (Å²) in [7, 11) is -3.69. The molecule has 1 aromatic rings. The summed E-state index contributed by atoms with van der Waals surface area (Å²) in [5, 5.41) is 21.5. The van der Waals surface area contributed by atoms with Gasteiger partial charge >= 0.3 is 0 Å². The van der Waals surface area contributed by atoms with E-state index in [1.165, 1.54) is 0 Å². The highest BCUT2D eigenvalue weighted by atomic mass is 32.2. The highest BCUT2D eigenvalue weighted by Crippen LogP contribution is 2.41. The van der Waals surface area contributed by atoms with E-state index >= 15 is 0 Å². The third kappa shape index (κ3) is 5.51. The van der Waals surface area contributed by atoms with Crippen molar-refractivity contribution in [2.75, 3.05) is 13.2 Å². The van der Waals surface area contributed by atoms with Gasteiger partial charge in [0, 0.05) is 5.92 Å². The van der Waals surface area contributed by atoms with E-state index in [0.29, 0.717) is 6.42 Å². The zero-order valence-corrected chi connectivity index (χ0v) is 15.7. The van der Waals surface area contributed by atoms with Gasteiger partial charge in [-0.3, -0.25) is 9.50 Å². The lowest BCUT2D eigenvalue weighted by atomic mass is 9.99. The van der Waals surface area contributed by atoms with Crippen molar-refractivity contribution in [3.8, 4) is 6.07 Å². The molecular weight excluding hydrogens is 340 g/mol. The van der Waals surface area contributed by atoms with Crippen LogP contribution in [0.5, 0.6) is 0 Å². The van der Waals surface area contributed by atoms with E-state index in [2.05, 4.69) is 11.4 Å². The van der Waals surface area contributed by atoms with E-state index in [1.807, 2.05) is 51.1 Å². The Morgan fingerprint density at radius 3 is 2.52 bits per heavy atom. The van der Waals surface area contributed by atoms with Crippen LogP contribution >= 0.6 is 0 Å². The van der Waals surface area contributed by atoms with Crippen LogP contribution in [0.2, 0.25) is 0 Å². The van der Waals surface area contributed by atoms with Crippen molar-refractivity contribution < 1.29 is 17.7 Å². The summed E-state index contributed by atoms with van der Waals surface area (Å²) in [5.41, 5.74) is 0.605. The Morgan fingerprint density at radius 1 is 1.36 bits per heavy atom. The molecule has 4 atom stereocenters. The van der Waals surface area contributed by atoms with E-state index in [-0.39, 0.29) is 24.5 Å². The van der Waals surface area contributed by atoms with Crippen LogP contribution in [-0.4, -0.2) is 38.0 Å². The first kappa shape index (κ1) is 19.9. The van der Waals surface area contributed by atoms with E-state index in [1.54, 1.807) is 0 Å². The van der Waals surface area contributed by atoms with E-state index < -0.39 is 27.5 Å². The van der Waals surface area contributed by atoms with Crippen molar-refractivity contribution in [3.63, 3.8) is 0 Å². The summed E-state index contributed by atoms with van der Waals surface area (Å²) in [6.45, 7) is 5.65. The van der Waals surface area contributed by atoms with Crippen molar-refractivity contribution in [1.29, 1.82) is 5.26 Å². The third-order valence-electron chi connectivity index (χ3n) is 4.14. The Bertz CT molecular complexity index is 707. The molecule has 1 aromatic carbocycles. The normalized spacial score (nSPS) is 22.8. The Kier molecular flexibility index (Phi) is 6.22. The second kappa shape index (κ2) is 7.83. The van der Waals surface area contributed by atoms with Gasteiger partial charge in [0.25, 0.3) is 10.1 Å². The van der Waals surface area contributed by atoms with Crippen LogP contribution in [0.4, 0.5) is 0 Å². The number of rotatable bonds is 8. The van der Waals surface area contributed by atoms with Gasteiger partial charge in [-0.2, -0.15) is 13.7 Å². The number of hydrogen-bond donors (Lipinski definition) is 2. The Morgan fingerprint density at radius 2 is 2.00 bits per heavy atom. The molecule has 0 radical (unpaired) electrons. The van der Waals surface area contributed by atoms with Crippen LogP contribution < -0.4 is 5.32 Å². The van der Waals surface area contributed by atoms with Gasteiger partial charge in [0.2, 0.25) is 0 Å². The number of aliphatic hydroxyl groups excluding tert-OH is 1. The number of aliphatic hydroxyl groups is 1. The molecule has 0 bridgehead atoms. The molecule has 0 aromatic heterocycles. The van der Waals surface area contributed by atoms with Gasteiger partial charge in [0.1, 0.15) is 6.04 Å². The van der Waals surface area contributed by atoms with Gasteiger partial charge in [0.15, 0.2) is 0 Å². The average Bonchev–Trinajstić information content (AvgIpc) is 3.36. The van der Waals surface area contributed by atoms with Crippen molar-refractivity contribution in [1.82, 2.24) is 5.32 Å². The minimum absolute atomic E-state index is 0.118. The number of hydrogen-bond acceptors (Lipinski definition) is 6. The van der Waals surface area contributed by atoms with Crippen molar-refractivity contribution in [2.45, 2.75) is 44.5 Å². The van der Waals surface area contributed by atoms with Gasteiger partial charge in [0.05, 0.1) is 30.6 Å². The first-order chi connectivity index (χ1) is 11.7. The molecule has 1 saturated carbocycles. The van der Waals surface area contributed by atoms with Gasteiger partial charge in [-0.1, -0.05) is 51.1 Å². The smallest absolute Gasteiger partial charge is 0.270 e. The highest BCUT2D eigenvalue weighted by Gasteiger charge is 2.53. The van der Waals surface area contributed by atoms with E-state index in [0.717, 1.165) is 5.56 Å². The fraction of sp³-hybridized carbons (Fsp3) is 0.611. The molecule has 0 heterocycles. The molecule has 6 nitrogen and oxygen atoms in total. The quantitative estimate of drug-likeness (QED) is 0.683. The predicted molar refractivity (Wildman–Crippen MR) is 95.0 cm³/mol. The number of nitrogens with one attached hydrogen (secondary N) is 1. The molecule has 1 aliphatic carbocycles. The molecule has 0 spiro atoms. The molecule has 2 rings (SSSR count). The maximum Gasteiger partial charge on any atom is 0.270 e. The fourth-order valence-electron chi connectivity index (χ4n) is 2.63. The number of benzene rings is 1. The van der Waals surface area contributed by atoms with Crippen LogP contribution in [-0.2, 0) is 14.3 Å². The molecule has 25 heavy (non-hydrogen) atoms. The Labute approximate surface area is 149 Å².